The Balaban J connectivity index is 0.000000578. The van der Waals surface area contributed by atoms with Crippen molar-refractivity contribution in [2.75, 3.05) is 0 Å². The van der Waals surface area contributed by atoms with Crippen LogP contribution in [-0.4, -0.2) is 0 Å². The number of hydrogen-bond acceptors (Lipinski definition) is 0. The number of rotatable bonds is 2. The first kappa shape index (κ1) is 23.1. The predicted molar refractivity (Wildman–Crippen MR) is 88.6 cm³/mol. The van der Waals surface area contributed by atoms with Gasteiger partial charge in [0.15, 0.2) is 0 Å². The van der Waals surface area contributed by atoms with Crippen molar-refractivity contribution in [2.24, 2.45) is 0 Å². The van der Waals surface area contributed by atoms with Crippen molar-refractivity contribution in [1.82, 2.24) is 0 Å². The van der Waals surface area contributed by atoms with Gasteiger partial charge in [0, 0.05) is 0 Å². The van der Waals surface area contributed by atoms with Crippen LogP contribution >= 0.6 is 0 Å². The fraction of sp³-hybridized carbons (Fsp3) is 0.143. The molecule has 0 nitrogen and oxygen atoms in total. The topological polar surface area (TPSA) is 0 Å². The molecule has 0 radical (unpaired) electrons. The van der Waals surface area contributed by atoms with Crippen molar-refractivity contribution >= 4 is 6.08 Å². The molecule has 0 amide bonds. The van der Waals surface area contributed by atoms with Gasteiger partial charge in [-0.05, 0) is 12.0 Å². The summed E-state index contributed by atoms with van der Waals surface area (Å²) in [6.07, 6.45) is 16.6. The first-order valence-electron chi connectivity index (χ1n) is 7.37. The summed E-state index contributed by atoms with van der Waals surface area (Å²) in [6.45, 7) is 0. The third-order valence-electron chi connectivity index (χ3n) is 3.68. The van der Waals surface area contributed by atoms with Crippen molar-refractivity contribution in [3.8, 4) is 0 Å². The van der Waals surface area contributed by atoms with Crippen LogP contribution in [0, 0.1) is 12.2 Å². The zero-order valence-electron chi connectivity index (χ0n) is 13.3. The molecule has 24 heavy (non-hydrogen) atoms. The average molecular weight is 433 g/mol. The van der Waals surface area contributed by atoms with Crippen LogP contribution in [0.5, 0.6) is 0 Å². The minimum absolute atomic E-state index is 0. The molecule has 0 saturated heterocycles. The molecule has 3 heteroatoms. The van der Waals surface area contributed by atoms with E-state index in [-0.39, 0.29) is 51.0 Å². The summed E-state index contributed by atoms with van der Waals surface area (Å²) in [5.41, 5.74) is 4.11. The Hall–Kier alpha value is -0.877. The van der Waals surface area contributed by atoms with Crippen LogP contribution < -0.4 is 24.8 Å². The maximum atomic E-state index is 3.45. The zero-order valence-corrected chi connectivity index (χ0v) is 17.2. The average Bonchev–Trinajstić information content (AvgIpc) is 3.22. The van der Waals surface area contributed by atoms with Crippen LogP contribution in [0.25, 0.3) is 6.08 Å². The van der Waals surface area contributed by atoms with Crippen molar-refractivity contribution in [3.05, 3.63) is 102 Å². The maximum Gasteiger partial charge on any atom is 4.00 e. The molecule has 0 aliphatic heterocycles. The third kappa shape index (κ3) is 6.56. The van der Waals surface area contributed by atoms with Crippen molar-refractivity contribution in [1.29, 1.82) is 0 Å². The third-order valence-corrected chi connectivity index (χ3v) is 3.68. The molecule has 0 saturated carbocycles. The van der Waals surface area contributed by atoms with Crippen molar-refractivity contribution < 1.29 is 51.0 Å². The van der Waals surface area contributed by atoms with E-state index in [1.807, 2.05) is 12.2 Å². The van der Waals surface area contributed by atoms with E-state index in [2.05, 4.69) is 78.9 Å². The van der Waals surface area contributed by atoms with Gasteiger partial charge in [-0.2, -0.15) is 11.6 Å². The molecule has 0 bridgehead atoms. The second-order valence-electron chi connectivity index (χ2n) is 5.19. The predicted octanol–water partition coefficient (Wildman–Crippen LogP) is -0.846. The van der Waals surface area contributed by atoms with Crippen LogP contribution in [0.1, 0.15) is 29.0 Å². The summed E-state index contributed by atoms with van der Waals surface area (Å²) in [7, 11) is 0. The monoisotopic (exact) mass is 430 g/mol. The van der Waals surface area contributed by atoms with E-state index < -0.39 is 0 Å². The first-order chi connectivity index (χ1) is 10.4. The van der Waals surface area contributed by atoms with Gasteiger partial charge in [0.1, 0.15) is 0 Å². The van der Waals surface area contributed by atoms with Gasteiger partial charge in [0.05, 0.1) is 0 Å². The van der Waals surface area contributed by atoms with E-state index in [1.54, 1.807) is 0 Å². The molecule has 0 aromatic heterocycles. The molecule has 2 aromatic rings. The second-order valence-corrected chi connectivity index (χ2v) is 5.19. The summed E-state index contributed by atoms with van der Waals surface area (Å²) in [5.74, 6) is 0.429. The van der Waals surface area contributed by atoms with Crippen molar-refractivity contribution in [3.63, 3.8) is 0 Å². The molecular formula is C21H18Cl2Zr. The van der Waals surface area contributed by atoms with E-state index in [1.165, 1.54) is 16.7 Å². The SMILES string of the molecule is [C-]1=CC=CC1.[C-]1=Cc2ccccc2C1Cc1ccccc1.[Cl-].[Cl-].[Zr+4]. The summed E-state index contributed by atoms with van der Waals surface area (Å²) in [5, 5.41) is 0. The Morgan fingerprint density at radius 2 is 1.62 bits per heavy atom. The summed E-state index contributed by atoms with van der Waals surface area (Å²) in [6, 6.07) is 19.2. The van der Waals surface area contributed by atoms with Crippen LogP contribution in [0.15, 0.2) is 72.8 Å². The number of hydrogen-bond donors (Lipinski definition) is 0. The fourth-order valence-electron chi connectivity index (χ4n) is 2.60. The molecule has 1 atom stereocenters. The Kier molecular flexibility index (Phi) is 12.0. The van der Waals surface area contributed by atoms with E-state index >= 15 is 0 Å². The number of benzene rings is 2. The standard InChI is InChI=1S/C16H13.C5H5.2ClH.Zr/c1-2-6-13(7-3-1)12-15-11-10-14-8-4-5-9-16(14)15;1-2-4-5-3-1;;;/h1-10,15H,12H2;1-3H,4H2;2*1H;/q2*-1;;;+4/p-2. The van der Waals surface area contributed by atoms with Crippen LogP contribution in [0.3, 0.4) is 0 Å². The Bertz CT molecular complexity index is 665. The van der Waals surface area contributed by atoms with E-state index in [0.717, 1.165) is 12.8 Å². The Morgan fingerprint density at radius 1 is 0.917 bits per heavy atom. The van der Waals surface area contributed by atoms with E-state index in [9.17, 15) is 0 Å². The van der Waals surface area contributed by atoms with Gasteiger partial charge < -0.3 is 24.8 Å². The smallest absolute Gasteiger partial charge is 1.00 e. The molecule has 0 spiro atoms. The molecule has 2 aromatic carbocycles. The van der Waals surface area contributed by atoms with Gasteiger partial charge in [-0.1, -0.05) is 54.4 Å². The quantitative estimate of drug-likeness (QED) is 0.543. The van der Waals surface area contributed by atoms with Crippen LogP contribution in [0.4, 0.5) is 0 Å². The van der Waals surface area contributed by atoms with Gasteiger partial charge in [-0.15, -0.1) is 18.1 Å². The first-order valence-corrected chi connectivity index (χ1v) is 7.37. The number of allylic oxidation sites excluding steroid dienone is 5. The molecule has 2 aliphatic rings. The van der Waals surface area contributed by atoms with Gasteiger partial charge >= 0.3 is 26.2 Å². The second kappa shape index (κ2) is 12.5. The Labute approximate surface area is 176 Å². The minimum Gasteiger partial charge on any atom is -1.00 e. The minimum atomic E-state index is 0. The van der Waals surface area contributed by atoms with E-state index in [4.69, 9.17) is 0 Å². The molecular weight excluding hydrogens is 414 g/mol. The van der Waals surface area contributed by atoms with Gasteiger partial charge in [-0.3, -0.25) is 12.2 Å². The van der Waals surface area contributed by atoms with Gasteiger partial charge in [0.2, 0.25) is 0 Å². The normalized spacial score (nSPS) is 15.2. The molecule has 1 unspecified atom stereocenters. The molecule has 2 aliphatic carbocycles. The van der Waals surface area contributed by atoms with Gasteiger partial charge in [0.25, 0.3) is 0 Å². The molecule has 0 heterocycles. The summed E-state index contributed by atoms with van der Waals surface area (Å²) >= 11 is 0. The zero-order chi connectivity index (χ0) is 14.3. The fourth-order valence-corrected chi connectivity index (χ4v) is 2.60. The van der Waals surface area contributed by atoms with Crippen molar-refractivity contribution in [2.45, 2.75) is 18.8 Å². The maximum absolute atomic E-state index is 3.45. The molecule has 0 N–H and O–H groups in total. The summed E-state index contributed by atoms with van der Waals surface area (Å²) in [4.78, 5) is 0. The van der Waals surface area contributed by atoms with E-state index in [0.29, 0.717) is 5.92 Å². The van der Waals surface area contributed by atoms with Crippen LogP contribution in [0.2, 0.25) is 0 Å². The Morgan fingerprint density at radius 3 is 2.25 bits per heavy atom. The number of halogens is 2. The van der Waals surface area contributed by atoms with Crippen LogP contribution in [-0.2, 0) is 32.6 Å². The van der Waals surface area contributed by atoms with Gasteiger partial charge in [-0.25, -0.2) is 18.2 Å². The largest absolute Gasteiger partial charge is 4.00 e. The molecule has 120 valence electrons. The summed E-state index contributed by atoms with van der Waals surface area (Å²) < 4.78 is 0. The number of fused-ring (bicyclic) bond motifs is 1. The molecule has 0 fully saturated rings. The molecule has 4 rings (SSSR count).